The van der Waals surface area contributed by atoms with E-state index < -0.39 is 22.2 Å². The molecule has 0 saturated heterocycles. The number of nitriles is 2. The molecular weight excluding hydrogens is 450 g/mol. The molecule has 0 aliphatic heterocycles. The SMILES string of the molecule is C#CCn1cc(C#N)c([C@]2(C=C(Br)Br)C(C)(C)[C@@]2(C)C(=O)OC#N)c1. The predicted octanol–water partition coefficient (Wildman–Crippen LogP) is 3.93. The molecule has 1 heterocycles. The van der Waals surface area contributed by atoms with Gasteiger partial charge in [0.2, 0.25) is 0 Å². The van der Waals surface area contributed by atoms with E-state index in [1.165, 1.54) is 6.26 Å². The Kier molecular flexibility index (Phi) is 4.92. The van der Waals surface area contributed by atoms with Gasteiger partial charge in [0.05, 0.1) is 20.9 Å². The highest BCUT2D eigenvalue weighted by Gasteiger charge is 2.84. The Labute approximate surface area is 163 Å². The fraction of sp³-hybridized carbons (Fsp3) is 0.389. The van der Waals surface area contributed by atoms with Crippen LogP contribution in [0, 0.1) is 46.0 Å². The maximum absolute atomic E-state index is 12.6. The molecule has 1 aromatic heterocycles. The summed E-state index contributed by atoms with van der Waals surface area (Å²) >= 11 is 6.72. The molecule has 2 rings (SSSR count). The normalized spacial score (nSPS) is 25.8. The van der Waals surface area contributed by atoms with E-state index in [0.717, 1.165) is 0 Å². The second-order valence-electron chi connectivity index (χ2n) is 6.55. The number of halogens is 2. The van der Waals surface area contributed by atoms with Gasteiger partial charge in [-0.3, -0.25) is 4.79 Å². The van der Waals surface area contributed by atoms with Gasteiger partial charge in [0.25, 0.3) is 6.26 Å². The summed E-state index contributed by atoms with van der Waals surface area (Å²) in [7, 11) is 0. The first kappa shape index (κ1) is 19.3. The number of esters is 1. The Bertz CT molecular complexity index is 891. The van der Waals surface area contributed by atoms with Crippen LogP contribution < -0.4 is 0 Å². The summed E-state index contributed by atoms with van der Waals surface area (Å²) in [5.41, 5.74) is -1.38. The zero-order valence-electron chi connectivity index (χ0n) is 13.9. The first-order valence-electron chi connectivity index (χ1n) is 7.32. The quantitative estimate of drug-likeness (QED) is 0.384. The van der Waals surface area contributed by atoms with Gasteiger partial charge < -0.3 is 9.30 Å². The molecule has 0 amide bonds. The standard InChI is InChI=1S/C18H15Br2N3O2/c1-5-6-23-9-12(8-21)13(10-23)18(7-14(19)20)16(2,3)17(18,4)15(24)25-11-22/h1,7,9-10H,6H2,2-4H3/t17-,18-/m1/s1. The molecule has 5 nitrogen and oxygen atoms in total. The van der Waals surface area contributed by atoms with Gasteiger partial charge in [0.1, 0.15) is 6.07 Å². The van der Waals surface area contributed by atoms with Gasteiger partial charge in [-0.1, -0.05) is 25.8 Å². The van der Waals surface area contributed by atoms with Crippen molar-refractivity contribution in [3.8, 4) is 24.7 Å². The molecule has 128 valence electrons. The molecule has 1 fully saturated rings. The van der Waals surface area contributed by atoms with Crippen molar-refractivity contribution < 1.29 is 9.53 Å². The van der Waals surface area contributed by atoms with Crippen LogP contribution in [0.15, 0.2) is 21.9 Å². The van der Waals surface area contributed by atoms with E-state index in [2.05, 4.69) is 48.6 Å². The lowest BCUT2D eigenvalue weighted by atomic mass is 9.85. The molecule has 0 bridgehead atoms. The molecule has 0 radical (unpaired) electrons. The number of nitrogens with zero attached hydrogens (tertiary/aromatic N) is 3. The summed E-state index contributed by atoms with van der Waals surface area (Å²) in [6.45, 7) is 5.87. The molecule has 1 aliphatic rings. The zero-order valence-corrected chi connectivity index (χ0v) is 17.1. The number of hydrogen-bond donors (Lipinski definition) is 0. The van der Waals surface area contributed by atoms with Gasteiger partial charge >= 0.3 is 5.97 Å². The minimum atomic E-state index is -1.03. The van der Waals surface area contributed by atoms with E-state index in [1.54, 1.807) is 23.9 Å². The lowest BCUT2D eigenvalue weighted by molar-refractivity contribution is -0.144. The number of carbonyl (C=O) groups is 1. The van der Waals surface area contributed by atoms with Gasteiger partial charge in [-0.05, 0) is 49.8 Å². The lowest BCUT2D eigenvalue weighted by Gasteiger charge is -2.17. The van der Waals surface area contributed by atoms with Crippen molar-refractivity contribution >= 4 is 37.8 Å². The first-order valence-corrected chi connectivity index (χ1v) is 8.90. The van der Waals surface area contributed by atoms with Crippen molar-refractivity contribution in [3.63, 3.8) is 0 Å². The first-order chi connectivity index (χ1) is 11.6. The van der Waals surface area contributed by atoms with E-state index in [4.69, 9.17) is 11.7 Å². The third kappa shape index (κ3) is 2.44. The van der Waals surface area contributed by atoms with Crippen LogP contribution in [0.4, 0.5) is 0 Å². The molecule has 0 aromatic carbocycles. The molecule has 0 unspecified atom stereocenters. The maximum Gasteiger partial charge on any atom is 0.329 e. The topological polar surface area (TPSA) is 78.8 Å². The van der Waals surface area contributed by atoms with E-state index in [1.807, 2.05) is 19.9 Å². The molecule has 1 aromatic rings. The minimum Gasteiger partial charge on any atom is -0.350 e. The van der Waals surface area contributed by atoms with Crippen molar-refractivity contribution in [2.75, 3.05) is 0 Å². The molecule has 1 saturated carbocycles. The number of ether oxygens (including phenoxy) is 1. The average Bonchev–Trinajstić information content (AvgIpc) is 2.83. The smallest absolute Gasteiger partial charge is 0.329 e. The van der Waals surface area contributed by atoms with Gasteiger partial charge in [0.15, 0.2) is 0 Å². The molecule has 0 spiro atoms. The van der Waals surface area contributed by atoms with Crippen molar-refractivity contribution in [3.05, 3.63) is 33.0 Å². The average molecular weight is 465 g/mol. The largest absolute Gasteiger partial charge is 0.350 e. The lowest BCUT2D eigenvalue weighted by Crippen LogP contribution is -2.24. The second kappa shape index (κ2) is 6.37. The third-order valence-electron chi connectivity index (χ3n) is 5.53. The van der Waals surface area contributed by atoms with Crippen LogP contribution >= 0.6 is 31.9 Å². The van der Waals surface area contributed by atoms with Crippen LogP contribution in [0.1, 0.15) is 31.9 Å². The molecule has 1 aliphatic carbocycles. The van der Waals surface area contributed by atoms with Gasteiger partial charge in [0, 0.05) is 17.8 Å². The number of aromatic nitrogens is 1. The van der Waals surface area contributed by atoms with Crippen molar-refractivity contribution in [2.45, 2.75) is 32.7 Å². The summed E-state index contributed by atoms with van der Waals surface area (Å²) in [4.78, 5) is 12.6. The summed E-state index contributed by atoms with van der Waals surface area (Å²) in [5, 5.41) is 18.4. The number of rotatable bonds is 4. The number of terminal acetylenes is 1. The Morgan fingerprint density at radius 1 is 1.36 bits per heavy atom. The summed E-state index contributed by atoms with van der Waals surface area (Å²) in [6, 6.07) is 2.17. The van der Waals surface area contributed by atoms with Crippen molar-refractivity contribution in [2.24, 2.45) is 10.8 Å². The molecule has 7 heteroatoms. The third-order valence-corrected chi connectivity index (χ3v) is 5.99. The van der Waals surface area contributed by atoms with Gasteiger partial charge in [-0.2, -0.15) is 5.26 Å². The minimum absolute atomic E-state index is 0.309. The predicted molar refractivity (Wildman–Crippen MR) is 99.2 cm³/mol. The van der Waals surface area contributed by atoms with Gasteiger partial charge in [-0.15, -0.1) is 11.7 Å². The second-order valence-corrected chi connectivity index (χ2v) is 9.32. The van der Waals surface area contributed by atoms with E-state index >= 15 is 0 Å². The van der Waals surface area contributed by atoms with Gasteiger partial charge in [-0.25, -0.2) is 0 Å². The Hall–Kier alpha value is -2.01. The summed E-state index contributed by atoms with van der Waals surface area (Å²) < 4.78 is 7.04. The van der Waals surface area contributed by atoms with E-state index in [9.17, 15) is 10.1 Å². The van der Waals surface area contributed by atoms with Crippen LogP contribution in [0.2, 0.25) is 0 Å². The summed E-state index contributed by atoms with van der Waals surface area (Å²) in [5.74, 6) is 1.90. The molecule has 0 N–H and O–H groups in total. The van der Waals surface area contributed by atoms with Crippen molar-refractivity contribution in [1.29, 1.82) is 10.5 Å². The van der Waals surface area contributed by atoms with Crippen LogP contribution in [-0.4, -0.2) is 10.5 Å². The monoisotopic (exact) mass is 463 g/mol. The van der Waals surface area contributed by atoms with Crippen LogP contribution in [0.5, 0.6) is 0 Å². The maximum atomic E-state index is 12.6. The zero-order chi connectivity index (χ0) is 19.0. The molecule has 2 atom stereocenters. The van der Waals surface area contributed by atoms with E-state index in [-0.39, 0.29) is 0 Å². The number of allylic oxidation sites excluding steroid dienone is 1. The van der Waals surface area contributed by atoms with Crippen molar-refractivity contribution in [1.82, 2.24) is 4.57 Å². The Morgan fingerprint density at radius 3 is 2.48 bits per heavy atom. The highest BCUT2D eigenvalue weighted by Crippen LogP contribution is 2.80. The summed E-state index contributed by atoms with van der Waals surface area (Å²) in [6.07, 6.45) is 12.1. The van der Waals surface area contributed by atoms with Crippen LogP contribution in [-0.2, 0) is 21.5 Å². The number of hydrogen-bond acceptors (Lipinski definition) is 4. The van der Waals surface area contributed by atoms with Crippen LogP contribution in [0.3, 0.4) is 0 Å². The fourth-order valence-corrected chi connectivity index (χ4v) is 4.66. The number of carbonyl (C=O) groups excluding carboxylic acids is 1. The molecule has 25 heavy (non-hydrogen) atoms. The highest BCUT2D eigenvalue weighted by molar-refractivity contribution is 9.28. The van der Waals surface area contributed by atoms with Crippen LogP contribution in [0.25, 0.3) is 0 Å². The highest BCUT2D eigenvalue weighted by atomic mass is 79.9. The fourth-order valence-electron chi connectivity index (χ4n) is 3.97. The van der Waals surface area contributed by atoms with E-state index in [0.29, 0.717) is 21.1 Å². The Balaban J connectivity index is 2.78. The Morgan fingerprint density at radius 2 is 2.00 bits per heavy atom. The molecular formula is C18H15Br2N3O2.